The van der Waals surface area contributed by atoms with Crippen LogP contribution in [0.25, 0.3) is 0 Å². The second-order valence-corrected chi connectivity index (χ2v) is 5.39. The molecule has 1 aromatic carbocycles. The van der Waals surface area contributed by atoms with Gasteiger partial charge in [-0.1, -0.05) is 17.7 Å². The number of nitrogens with one attached hydrogen (secondary N) is 2. The lowest BCUT2D eigenvalue weighted by atomic mass is 10.1. The van der Waals surface area contributed by atoms with Gasteiger partial charge >= 0.3 is 6.18 Å². The molecule has 2 rings (SSSR count). The number of rotatable bonds is 4. The highest BCUT2D eigenvalue weighted by Crippen LogP contribution is 2.33. The van der Waals surface area contributed by atoms with Crippen molar-refractivity contribution >= 4 is 29.1 Å². The van der Waals surface area contributed by atoms with Crippen LogP contribution in [0.4, 0.5) is 30.6 Å². The first-order valence-electron chi connectivity index (χ1n) is 6.95. The van der Waals surface area contributed by atoms with Crippen LogP contribution in [0.1, 0.15) is 23.7 Å². The van der Waals surface area contributed by atoms with Gasteiger partial charge in [0.25, 0.3) is 0 Å². The molecule has 1 heterocycles. The molecule has 2 N–H and O–H groups in total. The van der Waals surface area contributed by atoms with E-state index in [1.165, 1.54) is 0 Å². The Hall–Kier alpha value is -2.02. The molecule has 0 unspecified atom stereocenters. The van der Waals surface area contributed by atoms with Gasteiger partial charge in [0.1, 0.15) is 5.82 Å². The first-order valence-corrected chi connectivity index (χ1v) is 7.33. The van der Waals surface area contributed by atoms with Gasteiger partial charge in [-0.05, 0) is 38.0 Å². The van der Waals surface area contributed by atoms with Gasteiger partial charge in [0.15, 0.2) is 5.69 Å². The largest absolute Gasteiger partial charge is 0.433 e. The van der Waals surface area contributed by atoms with E-state index in [1.54, 1.807) is 26.0 Å². The Kier molecular flexibility index (Phi) is 4.99. The van der Waals surface area contributed by atoms with E-state index in [0.29, 0.717) is 17.3 Å². The van der Waals surface area contributed by atoms with Crippen molar-refractivity contribution in [1.82, 2.24) is 9.97 Å². The first-order chi connectivity index (χ1) is 10.7. The quantitative estimate of drug-likeness (QED) is 0.824. The second kappa shape index (κ2) is 6.62. The average molecular weight is 345 g/mol. The zero-order valence-corrected chi connectivity index (χ0v) is 13.6. The molecule has 0 aliphatic rings. The summed E-state index contributed by atoms with van der Waals surface area (Å²) in [6.45, 7) is 5.79. The van der Waals surface area contributed by atoms with Crippen LogP contribution in [0.3, 0.4) is 0 Å². The van der Waals surface area contributed by atoms with E-state index in [1.807, 2.05) is 6.92 Å². The van der Waals surface area contributed by atoms with E-state index >= 15 is 0 Å². The molecule has 0 atom stereocenters. The summed E-state index contributed by atoms with van der Waals surface area (Å²) in [7, 11) is 0. The van der Waals surface area contributed by atoms with Gasteiger partial charge < -0.3 is 10.6 Å². The van der Waals surface area contributed by atoms with Crippen molar-refractivity contribution in [3.8, 4) is 0 Å². The first kappa shape index (κ1) is 17.3. The van der Waals surface area contributed by atoms with Gasteiger partial charge in [-0.25, -0.2) is 4.98 Å². The van der Waals surface area contributed by atoms with Gasteiger partial charge in [0, 0.05) is 23.3 Å². The highest BCUT2D eigenvalue weighted by atomic mass is 35.5. The average Bonchev–Trinajstić information content (AvgIpc) is 2.47. The summed E-state index contributed by atoms with van der Waals surface area (Å²) in [5, 5.41) is 6.14. The van der Waals surface area contributed by atoms with Crippen LogP contribution < -0.4 is 10.6 Å². The van der Waals surface area contributed by atoms with Crippen LogP contribution in [0.2, 0.25) is 5.02 Å². The van der Waals surface area contributed by atoms with Crippen LogP contribution in [-0.2, 0) is 6.18 Å². The number of halogens is 4. The molecule has 0 amide bonds. The summed E-state index contributed by atoms with van der Waals surface area (Å²) < 4.78 is 38.9. The van der Waals surface area contributed by atoms with E-state index in [2.05, 4.69) is 20.6 Å². The molecule has 0 aliphatic carbocycles. The van der Waals surface area contributed by atoms with Crippen LogP contribution in [0.5, 0.6) is 0 Å². The minimum Gasteiger partial charge on any atom is -0.354 e. The lowest BCUT2D eigenvalue weighted by Gasteiger charge is -2.15. The van der Waals surface area contributed by atoms with E-state index in [4.69, 9.17) is 11.6 Å². The number of hydrogen-bond acceptors (Lipinski definition) is 4. The smallest absolute Gasteiger partial charge is 0.354 e. The predicted octanol–water partition coefficient (Wildman–Crippen LogP) is 4.94. The minimum absolute atomic E-state index is 0.0525. The molecular formula is C15H16ClF3N4. The Labute approximate surface area is 137 Å². The Balaban J connectivity index is 2.47. The van der Waals surface area contributed by atoms with Gasteiger partial charge in [-0.2, -0.15) is 18.2 Å². The summed E-state index contributed by atoms with van der Waals surface area (Å²) in [4.78, 5) is 7.55. The summed E-state index contributed by atoms with van der Waals surface area (Å²) >= 11 is 6.07. The standard InChI is InChI=1S/C15H16ClF3N4/c1-4-20-14-21-11(15(17,18)19)7-12(23-14)22-13-8(2)5-6-10(16)9(13)3/h5-7H,4H2,1-3H3,(H2,20,21,22,23). The molecule has 0 aliphatic heterocycles. The Morgan fingerprint density at radius 1 is 1.17 bits per heavy atom. The number of hydrogen-bond donors (Lipinski definition) is 2. The van der Waals surface area contributed by atoms with Crippen molar-refractivity contribution in [2.45, 2.75) is 26.9 Å². The van der Waals surface area contributed by atoms with Gasteiger partial charge in [0.05, 0.1) is 0 Å². The summed E-state index contributed by atoms with van der Waals surface area (Å²) in [6, 6.07) is 4.40. The summed E-state index contributed by atoms with van der Waals surface area (Å²) in [5.41, 5.74) is 1.21. The third-order valence-corrected chi connectivity index (χ3v) is 3.62. The molecule has 0 fully saturated rings. The Bertz CT molecular complexity index is 717. The molecule has 0 bridgehead atoms. The van der Waals surface area contributed by atoms with Crippen molar-refractivity contribution in [2.24, 2.45) is 0 Å². The van der Waals surface area contributed by atoms with Crippen LogP contribution in [0, 0.1) is 13.8 Å². The zero-order valence-electron chi connectivity index (χ0n) is 12.8. The molecular weight excluding hydrogens is 329 g/mol. The highest BCUT2D eigenvalue weighted by Gasteiger charge is 2.33. The van der Waals surface area contributed by atoms with Crippen molar-refractivity contribution in [3.63, 3.8) is 0 Å². The molecule has 23 heavy (non-hydrogen) atoms. The van der Waals surface area contributed by atoms with E-state index in [9.17, 15) is 13.2 Å². The summed E-state index contributed by atoms with van der Waals surface area (Å²) in [5.74, 6) is -0.0288. The SMILES string of the molecule is CCNc1nc(Nc2c(C)ccc(Cl)c2C)cc(C(F)(F)F)n1. The Morgan fingerprint density at radius 3 is 2.48 bits per heavy atom. The van der Waals surface area contributed by atoms with Crippen molar-refractivity contribution < 1.29 is 13.2 Å². The maximum Gasteiger partial charge on any atom is 0.433 e. The number of anilines is 3. The maximum atomic E-state index is 13.0. The topological polar surface area (TPSA) is 49.8 Å². The monoisotopic (exact) mass is 344 g/mol. The van der Waals surface area contributed by atoms with Crippen LogP contribution in [0.15, 0.2) is 18.2 Å². The highest BCUT2D eigenvalue weighted by molar-refractivity contribution is 6.31. The molecule has 0 saturated carbocycles. The van der Waals surface area contributed by atoms with Gasteiger partial charge in [-0.3, -0.25) is 0 Å². The molecule has 1 aromatic heterocycles. The van der Waals surface area contributed by atoms with E-state index in [-0.39, 0.29) is 11.8 Å². The van der Waals surface area contributed by atoms with Crippen molar-refractivity contribution in [2.75, 3.05) is 17.2 Å². The molecule has 0 radical (unpaired) electrons. The molecule has 8 heteroatoms. The summed E-state index contributed by atoms with van der Waals surface area (Å²) in [6.07, 6.45) is -4.55. The molecule has 0 spiro atoms. The third-order valence-electron chi connectivity index (χ3n) is 3.21. The fourth-order valence-corrected chi connectivity index (χ4v) is 2.19. The number of aryl methyl sites for hydroxylation is 1. The normalized spacial score (nSPS) is 11.4. The maximum absolute atomic E-state index is 13.0. The fourth-order valence-electron chi connectivity index (χ4n) is 2.04. The van der Waals surface area contributed by atoms with Gasteiger partial charge in [0.2, 0.25) is 5.95 Å². The van der Waals surface area contributed by atoms with Crippen molar-refractivity contribution in [1.29, 1.82) is 0 Å². The van der Waals surface area contributed by atoms with E-state index in [0.717, 1.165) is 17.2 Å². The van der Waals surface area contributed by atoms with Crippen LogP contribution >= 0.6 is 11.6 Å². The number of benzene rings is 1. The fraction of sp³-hybridized carbons (Fsp3) is 0.333. The molecule has 0 saturated heterocycles. The lowest BCUT2D eigenvalue weighted by molar-refractivity contribution is -0.141. The lowest BCUT2D eigenvalue weighted by Crippen LogP contribution is -2.13. The number of alkyl halides is 3. The van der Waals surface area contributed by atoms with Gasteiger partial charge in [-0.15, -0.1) is 0 Å². The Morgan fingerprint density at radius 2 is 1.87 bits per heavy atom. The molecule has 4 nitrogen and oxygen atoms in total. The molecule has 124 valence electrons. The number of nitrogens with zero attached hydrogens (tertiary/aromatic N) is 2. The minimum atomic E-state index is -4.55. The van der Waals surface area contributed by atoms with Crippen molar-refractivity contribution in [3.05, 3.63) is 40.0 Å². The second-order valence-electron chi connectivity index (χ2n) is 4.98. The number of aromatic nitrogens is 2. The zero-order chi connectivity index (χ0) is 17.2. The van der Waals surface area contributed by atoms with E-state index < -0.39 is 11.9 Å². The predicted molar refractivity (Wildman–Crippen MR) is 85.4 cm³/mol. The third kappa shape index (κ3) is 4.04. The molecule has 2 aromatic rings. The van der Waals surface area contributed by atoms with Crippen LogP contribution in [-0.4, -0.2) is 16.5 Å².